The molecule has 2 rings (SSSR count). The van der Waals surface area contributed by atoms with Crippen LogP contribution in [0.4, 0.5) is 0 Å². The predicted octanol–water partition coefficient (Wildman–Crippen LogP) is 1.10. The van der Waals surface area contributed by atoms with Gasteiger partial charge in [-0.3, -0.25) is 14.4 Å². The van der Waals surface area contributed by atoms with E-state index in [2.05, 4.69) is 0 Å². The summed E-state index contributed by atoms with van der Waals surface area (Å²) in [4.78, 5) is 36.4. The third-order valence-corrected chi connectivity index (χ3v) is 3.92. The molecule has 6 heteroatoms. The van der Waals surface area contributed by atoms with Gasteiger partial charge in [-0.15, -0.1) is 0 Å². The average Bonchev–Trinajstić information content (AvgIpc) is 2.47. The molecule has 0 radical (unpaired) electrons. The van der Waals surface area contributed by atoms with Crippen molar-refractivity contribution in [1.29, 1.82) is 0 Å². The van der Waals surface area contributed by atoms with Crippen LogP contribution in [0.1, 0.15) is 36.0 Å². The highest BCUT2D eigenvalue weighted by atomic mass is 16.4. The Morgan fingerprint density at radius 1 is 1.43 bits per heavy atom. The van der Waals surface area contributed by atoms with Crippen molar-refractivity contribution < 1.29 is 14.7 Å². The molecule has 1 aliphatic heterocycles. The summed E-state index contributed by atoms with van der Waals surface area (Å²) in [6, 6.07) is 2.99. The zero-order chi connectivity index (χ0) is 15.4. The number of piperidine rings is 1. The molecular formula is C15H20N2O4. The number of rotatable bonds is 4. The maximum absolute atomic E-state index is 12.4. The molecule has 0 spiro atoms. The lowest BCUT2D eigenvalue weighted by atomic mass is 9.93. The monoisotopic (exact) mass is 292 g/mol. The molecule has 1 N–H and O–H groups in total. The van der Waals surface area contributed by atoms with Gasteiger partial charge in [0.2, 0.25) is 0 Å². The average molecular weight is 292 g/mol. The molecule has 6 nitrogen and oxygen atoms in total. The summed E-state index contributed by atoms with van der Waals surface area (Å²) in [5.41, 5.74) is 0.192. The van der Waals surface area contributed by atoms with E-state index < -0.39 is 5.97 Å². The highest BCUT2D eigenvalue weighted by Gasteiger charge is 2.25. The van der Waals surface area contributed by atoms with Gasteiger partial charge in [0.15, 0.2) is 0 Å². The van der Waals surface area contributed by atoms with Gasteiger partial charge in [-0.1, -0.05) is 0 Å². The lowest BCUT2D eigenvalue weighted by molar-refractivity contribution is -0.137. The van der Waals surface area contributed by atoms with Crippen LogP contribution < -0.4 is 5.56 Å². The molecule has 1 saturated heterocycles. The van der Waals surface area contributed by atoms with Gasteiger partial charge < -0.3 is 14.6 Å². The number of hydrogen-bond donors (Lipinski definition) is 1. The summed E-state index contributed by atoms with van der Waals surface area (Å²) < 4.78 is 1.42. The molecule has 1 aliphatic rings. The van der Waals surface area contributed by atoms with Gasteiger partial charge in [-0.25, -0.2) is 0 Å². The van der Waals surface area contributed by atoms with Crippen molar-refractivity contribution in [3.8, 4) is 0 Å². The first-order valence-corrected chi connectivity index (χ1v) is 7.15. The molecule has 1 atom stereocenters. The second-order valence-electron chi connectivity index (χ2n) is 5.56. The normalized spacial score (nSPS) is 18.5. The SMILES string of the molecule is Cn1ccc(C(=O)N2CCCC(CCC(=O)O)C2)cc1=O. The van der Waals surface area contributed by atoms with Crippen molar-refractivity contribution in [2.75, 3.05) is 13.1 Å². The van der Waals surface area contributed by atoms with E-state index in [0.29, 0.717) is 25.1 Å². The van der Waals surface area contributed by atoms with Gasteiger partial charge >= 0.3 is 5.97 Å². The Kier molecular flexibility index (Phi) is 4.77. The Hall–Kier alpha value is -2.11. The van der Waals surface area contributed by atoms with E-state index in [0.717, 1.165) is 12.8 Å². The maximum atomic E-state index is 12.4. The largest absolute Gasteiger partial charge is 0.481 e. The molecule has 1 amide bonds. The van der Waals surface area contributed by atoms with E-state index >= 15 is 0 Å². The van der Waals surface area contributed by atoms with Crippen LogP contribution in [0.15, 0.2) is 23.1 Å². The standard InChI is InChI=1S/C15H20N2O4/c1-16-8-6-12(9-13(16)18)15(21)17-7-2-3-11(10-17)4-5-14(19)20/h6,8-9,11H,2-5,7,10H2,1H3,(H,19,20). The zero-order valence-electron chi connectivity index (χ0n) is 12.1. The number of hydrogen-bond acceptors (Lipinski definition) is 3. The summed E-state index contributed by atoms with van der Waals surface area (Å²) in [7, 11) is 1.64. The van der Waals surface area contributed by atoms with Gasteiger partial charge in [0.05, 0.1) is 0 Å². The van der Waals surface area contributed by atoms with Crippen molar-refractivity contribution in [2.45, 2.75) is 25.7 Å². The van der Waals surface area contributed by atoms with Crippen molar-refractivity contribution in [3.63, 3.8) is 0 Å². The first-order chi connectivity index (χ1) is 9.97. The van der Waals surface area contributed by atoms with Gasteiger partial charge in [0.1, 0.15) is 0 Å². The van der Waals surface area contributed by atoms with Crippen LogP contribution in [0.25, 0.3) is 0 Å². The zero-order valence-corrected chi connectivity index (χ0v) is 12.1. The number of pyridine rings is 1. The quantitative estimate of drug-likeness (QED) is 0.901. The summed E-state index contributed by atoms with van der Waals surface area (Å²) in [5, 5.41) is 8.74. The molecule has 0 saturated carbocycles. The Bertz CT molecular complexity index is 594. The lowest BCUT2D eigenvalue weighted by Gasteiger charge is -2.32. The number of aliphatic carboxylic acids is 1. The fraction of sp³-hybridized carbons (Fsp3) is 0.533. The van der Waals surface area contributed by atoms with E-state index in [1.54, 1.807) is 24.2 Å². The molecule has 0 aromatic carbocycles. The first kappa shape index (κ1) is 15.3. The molecule has 2 heterocycles. The molecule has 0 aliphatic carbocycles. The minimum atomic E-state index is -0.801. The number of carbonyl (C=O) groups excluding carboxylic acids is 1. The number of nitrogens with zero attached hydrogens (tertiary/aromatic N) is 2. The Morgan fingerprint density at radius 3 is 2.86 bits per heavy atom. The van der Waals surface area contributed by atoms with Crippen LogP contribution in [-0.2, 0) is 11.8 Å². The van der Waals surface area contributed by atoms with Crippen LogP contribution in [0.3, 0.4) is 0 Å². The molecular weight excluding hydrogens is 272 g/mol. The summed E-state index contributed by atoms with van der Waals surface area (Å²) >= 11 is 0. The smallest absolute Gasteiger partial charge is 0.303 e. The van der Waals surface area contributed by atoms with Crippen LogP contribution >= 0.6 is 0 Å². The van der Waals surface area contributed by atoms with E-state index in [9.17, 15) is 14.4 Å². The van der Waals surface area contributed by atoms with Gasteiger partial charge in [-0.2, -0.15) is 0 Å². The van der Waals surface area contributed by atoms with Crippen molar-refractivity contribution in [1.82, 2.24) is 9.47 Å². The maximum Gasteiger partial charge on any atom is 0.303 e. The number of aryl methyl sites for hydroxylation is 1. The first-order valence-electron chi connectivity index (χ1n) is 7.15. The van der Waals surface area contributed by atoms with Crippen molar-refractivity contribution >= 4 is 11.9 Å². The predicted molar refractivity (Wildman–Crippen MR) is 77.2 cm³/mol. The second kappa shape index (κ2) is 6.56. The Morgan fingerprint density at radius 2 is 2.19 bits per heavy atom. The van der Waals surface area contributed by atoms with E-state index in [1.807, 2.05) is 0 Å². The molecule has 1 unspecified atom stereocenters. The Balaban J connectivity index is 2.03. The third-order valence-electron chi connectivity index (χ3n) is 3.92. The molecule has 1 fully saturated rings. The minimum Gasteiger partial charge on any atom is -0.481 e. The van der Waals surface area contributed by atoms with Crippen LogP contribution in [0, 0.1) is 5.92 Å². The number of carboxylic acids is 1. The van der Waals surface area contributed by atoms with Crippen LogP contribution in [-0.4, -0.2) is 39.5 Å². The van der Waals surface area contributed by atoms with Gasteiger partial charge in [0.25, 0.3) is 11.5 Å². The van der Waals surface area contributed by atoms with Gasteiger partial charge in [0, 0.05) is 44.4 Å². The highest BCUT2D eigenvalue weighted by molar-refractivity contribution is 5.94. The van der Waals surface area contributed by atoms with E-state index in [1.165, 1.54) is 10.6 Å². The van der Waals surface area contributed by atoms with Gasteiger partial charge in [-0.05, 0) is 31.2 Å². The molecule has 21 heavy (non-hydrogen) atoms. The molecule has 1 aromatic heterocycles. The lowest BCUT2D eigenvalue weighted by Crippen LogP contribution is -2.40. The highest BCUT2D eigenvalue weighted by Crippen LogP contribution is 2.22. The van der Waals surface area contributed by atoms with Crippen molar-refractivity contribution in [3.05, 3.63) is 34.2 Å². The van der Waals surface area contributed by atoms with Crippen LogP contribution in [0.2, 0.25) is 0 Å². The topological polar surface area (TPSA) is 79.6 Å². The number of carbonyl (C=O) groups is 2. The molecule has 0 bridgehead atoms. The third kappa shape index (κ3) is 3.93. The molecule has 114 valence electrons. The number of aromatic nitrogens is 1. The molecule has 1 aromatic rings. The summed E-state index contributed by atoms with van der Waals surface area (Å²) in [5.74, 6) is -0.719. The summed E-state index contributed by atoms with van der Waals surface area (Å²) in [6.07, 6.45) is 4.14. The van der Waals surface area contributed by atoms with Crippen LogP contribution in [0.5, 0.6) is 0 Å². The van der Waals surface area contributed by atoms with E-state index in [-0.39, 0.29) is 23.8 Å². The van der Waals surface area contributed by atoms with Crippen molar-refractivity contribution in [2.24, 2.45) is 13.0 Å². The number of carboxylic acid groups (broad SMARTS) is 1. The number of likely N-dealkylation sites (tertiary alicyclic amines) is 1. The second-order valence-corrected chi connectivity index (χ2v) is 5.56. The minimum absolute atomic E-state index is 0.137. The Labute approximate surface area is 123 Å². The fourth-order valence-corrected chi connectivity index (χ4v) is 2.68. The fourth-order valence-electron chi connectivity index (χ4n) is 2.68. The van der Waals surface area contributed by atoms with E-state index in [4.69, 9.17) is 5.11 Å². The summed E-state index contributed by atoms with van der Waals surface area (Å²) in [6.45, 7) is 1.24. The number of amides is 1.